The molecule has 5 aromatic rings. The first-order valence-electron chi connectivity index (χ1n) is 9.59. The summed E-state index contributed by atoms with van der Waals surface area (Å²) in [6.45, 7) is 1.93. The number of hydrogen-bond acceptors (Lipinski definition) is 6. The molecule has 0 unspecified atom stereocenters. The number of nitrogens with zero attached hydrogens (tertiary/aromatic N) is 5. The summed E-state index contributed by atoms with van der Waals surface area (Å²) >= 11 is 7.58. The smallest absolute Gasteiger partial charge is 0.254 e. The van der Waals surface area contributed by atoms with Gasteiger partial charge in [-0.1, -0.05) is 41.1 Å². The van der Waals surface area contributed by atoms with Gasteiger partial charge in [-0.15, -0.1) is 0 Å². The van der Waals surface area contributed by atoms with Crippen molar-refractivity contribution in [3.8, 4) is 10.6 Å². The van der Waals surface area contributed by atoms with E-state index in [1.54, 1.807) is 30.9 Å². The Hall–Kier alpha value is -3.36. The van der Waals surface area contributed by atoms with E-state index >= 15 is 0 Å². The molecule has 0 bridgehead atoms. The van der Waals surface area contributed by atoms with E-state index in [2.05, 4.69) is 20.3 Å². The van der Waals surface area contributed by atoms with Crippen molar-refractivity contribution in [2.75, 3.05) is 0 Å². The van der Waals surface area contributed by atoms with Crippen molar-refractivity contribution in [3.63, 3.8) is 0 Å². The number of benzene rings is 1. The molecule has 5 rings (SSSR count). The highest BCUT2D eigenvalue weighted by molar-refractivity contribution is 7.21. The van der Waals surface area contributed by atoms with Crippen molar-refractivity contribution in [2.24, 2.45) is 7.05 Å². The van der Waals surface area contributed by atoms with Gasteiger partial charge in [0, 0.05) is 18.8 Å². The van der Waals surface area contributed by atoms with Gasteiger partial charge in [0.15, 0.2) is 0 Å². The number of amides is 1. The Bertz CT molecular complexity index is 1440. The number of fused-ring (bicyclic) bond motifs is 3. The summed E-state index contributed by atoms with van der Waals surface area (Å²) in [5, 5.41) is 4.03. The van der Waals surface area contributed by atoms with Gasteiger partial charge in [0.2, 0.25) is 0 Å². The molecule has 9 heteroatoms. The predicted molar refractivity (Wildman–Crippen MR) is 122 cm³/mol. The number of nitrogens with one attached hydrogen (secondary N) is 1. The Morgan fingerprint density at radius 3 is 2.90 bits per heavy atom. The number of carbonyl (C=O) groups is 1. The van der Waals surface area contributed by atoms with Crippen LogP contribution in [-0.4, -0.2) is 30.4 Å². The van der Waals surface area contributed by atoms with Crippen LogP contribution in [0.1, 0.15) is 28.9 Å². The van der Waals surface area contributed by atoms with Crippen LogP contribution in [0, 0.1) is 0 Å². The molecule has 1 aromatic carbocycles. The lowest BCUT2D eigenvalue weighted by molar-refractivity contribution is 0.0939. The number of halogens is 1. The van der Waals surface area contributed by atoms with E-state index in [0.717, 1.165) is 37.5 Å². The second-order valence-corrected chi connectivity index (χ2v) is 8.52. The van der Waals surface area contributed by atoms with E-state index in [4.69, 9.17) is 16.6 Å². The number of hydrogen-bond donors (Lipinski definition) is 1. The molecule has 1 amide bonds. The Morgan fingerprint density at radius 2 is 2.06 bits per heavy atom. The van der Waals surface area contributed by atoms with E-state index in [1.807, 2.05) is 42.8 Å². The highest BCUT2D eigenvalue weighted by Crippen LogP contribution is 2.33. The van der Waals surface area contributed by atoms with Crippen LogP contribution >= 0.6 is 22.9 Å². The summed E-state index contributed by atoms with van der Waals surface area (Å²) in [4.78, 5) is 31.1. The first kappa shape index (κ1) is 19.6. The molecule has 4 aromatic heterocycles. The van der Waals surface area contributed by atoms with Crippen molar-refractivity contribution in [1.29, 1.82) is 0 Å². The van der Waals surface area contributed by atoms with Gasteiger partial charge < -0.3 is 9.88 Å². The van der Waals surface area contributed by atoms with Gasteiger partial charge in [-0.05, 0) is 30.7 Å². The van der Waals surface area contributed by atoms with Crippen molar-refractivity contribution < 1.29 is 4.79 Å². The van der Waals surface area contributed by atoms with Gasteiger partial charge in [0.25, 0.3) is 5.91 Å². The zero-order valence-corrected chi connectivity index (χ0v) is 18.3. The minimum Gasteiger partial charge on any atom is -0.345 e. The minimum atomic E-state index is -0.265. The molecule has 31 heavy (non-hydrogen) atoms. The van der Waals surface area contributed by atoms with Crippen LogP contribution in [-0.2, 0) is 7.05 Å². The van der Waals surface area contributed by atoms with Gasteiger partial charge in [0.05, 0.1) is 29.6 Å². The molecule has 4 heterocycles. The molecule has 0 aliphatic carbocycles. The first-order valence-corrected chi connectivity index (χ1v) is 10.8. The zero-order valence-electron chi connectivity index (χ0n) is 16.7. The topological polar surface area (TPSA) is 85.6 Å². The molecule has 7 nitrogen and oxygen atoms in total. The average molecular weight is 449 g/mol. The van der Waals surface area contributed by atoms with E-state index in [1.165, 1.54) is 11.3 Å². The standard InChI is InChI=1S/C22H17ClN6OS/c1-12(27-20(30)15-7-4-8-24-19(15)23)13-5-3-6-14(9-13)21-28-17-18-16(26-11-29(18)2)10-25-22(17)31-21/h3-12H,1-2H3,(H,27,30)/t12-/m0/s1. The molecule has 0 fully saturated rings. The number of thiazole rings is 1. The van der Waals surface area contributed by atoms with Gasteiger partial charge in [0.1, 0.15) is 26.0 Å². The van der Waals surface area contributed by atoms with Crippen molar-refractivity contribution in [2.45, 2.75) is 13.0 Å². The van der Waals surface area contributed by atoms with E-state index in [9.17, 15) is 4.79 Å². The Morgan fingerprint density at radius 1 is 1.19 bits per heavy atom. The lowest BCUT2D eigenvalue weighted by Crippen LogP contribution is -2.27. The van der Waals surface area contributed by atoms with E-state index in [0.29, 0.717) is 5.56 Å². The maximum atomic E-state index is 12.6. The predicted octanol–water partition coefficient (Wildman–Crippen LogP) is 4.78. The van der Waals surface area contributed by atoms with Gasteiger partial charge in [-0.2, -0.15) is 0 Å². The van der Waals surface area contributed by atoms with Crippen LogP contribution in [0.5, 0.6) is 0 Å². The van der Waals surface area contributed by atoms with Crippen LogP contribution < -0.4 is 5.32 Å². The van der Waals surface area contributed by atoms with E-state index in [-0.39, 0.29) is 17.1 Å². The van der Waals surface area contributed by atoms with Gasteiger partial charge in [-0.3, -0.25) is 4.79 Å². The lowest BCUT2D eigenvalue weighted by Gasteiger charge is -2.15. The molecule has 0 spiro atoms. The summed E-state index contributed by atoms with van der Waals surface area (Å²) in [7, 11) is 1.95. The molecule has 0 aliphatic heterocycles. The monoisotopic (exact) mass is 448 g/mol. The van der Waals surface area contributed by atoms with Crippen LogP contribution in [0.25, 0.3) is 32.0 Å². The number of imidazole rings is 1. The molecular formula is C22H17ClN6OS. The number of pyridine rings is 2. The van der Waals surface area contributed by atoms with Crippen LogP contribution in [0.2, 0.25) is 5.15 Å². The fourth-order valence-corrected chi connectivity index (χ4v) is 4.60. The highest BCUT2D eigenvalue weighted by Gasteiger charge is 2.17. The van der Waals surface area contributed by atoms with Crippen molar-refractivity contribution >= 4 is 50.2 Å². The molecule has 0 radical (unpaired) electrons. The molecule has 1 atom stereocenters. The minimum absolute atomic E-state index is 0.185. The third kappa shape index (κ3) is 3.54. The molecule has 1 N–H and O–H groups in total. The molecule has 154 valence electrons. The van der Waals surface area contributed by atoms with Crippen molar-refractivity contribution in [3.05, 3.63) is 71.4 Å². The number of rotatable bonds is 4. The maximum absolute atomic E-state index is 12.6. The van der Waals surface area contributed by atoms with Crippen LogP contribution in [0.3, 0.4) is 0 Å². The average Bonchev–Trinajstić information content (AvgIpc) is 3.37. The zero-order chi connectivity index (χ0) is 21.5. The molecular weight excluding hydrogens is 432 g/mol. The second kappa shape index (κ2) is 7.72. The summed E-state index contributed by atoms with van der Waals surface area (Å²) in [5.74, 6) is -0.265. The number of aryl methyl sites for hydroxylation is 1. The normalized spacial score (nSPS) is 12.4. The third-order valence-electron chi connectivity index (χ3n) is 5.09. The Labute approximate surface area is 186 Å². The van der Waals surface area contributed by atoms with Gasteiger partial charge >= 0.3 is 0 Å². The van der Waals surface area contributed by atoms with E-state index < -0.39 is 0 Å². The fourth-order valence-electron chi connectivity index (χ4n) is 3.48. The Balaban J connectivity index is 1.46. The van der Waals surface area contributed by atoms with Gasteiger partial charge in [-0.25, -0.2) is 19.9 Å². The van der Waals surface area contributed by atoms with Crippen molar-refractivity contribution in [1.82, 2.24) is 29.8 Å². The summed E-state index contributed by atoms with van der Waals surface area (Å²) < 4.78 is 1.96. The summed E-state index contributed by atoms with van der Waals surface area (Å²) in [6, 6.07) is 11.1. The largest absolute Gasteiger partial charge is 0.345 e. The molecule has 0 saturated carbocycles. The third-order valence-corrected chi connectivity index (χ3v) is 6.40. The van der Waals surface area contributed by atoms with Crippen LogP contribution in [0.15, 0.2) is 55.1 Å². The highest BCUT2D eigenvalue weighted by atomic mass is 35.5. The molecule has 0 saturated heterocycles. The lowest BCUT2D eigenvalue weighted by atomic mass is 10.0. The summed E-state index contributed by atoms with van der Waals surface area (Å²) in [6.07, 6.45) is 5.10. The Kier molecular flexibility index (Phi) is 4.88. The molecule has 0 aliphatic rings. The number of carbonyl (C=O) groups excluding carboxylic acids is 1. The first-order chi connectivity index (χ1) is 15.0. The second-order valence-electron chi connectivity index (χ2n) is 7.18. The number of aromatic nitrogens is 5. The SMILES string of the molecule is C[C@H](NC(=O)c1cccnc1Cl)c1cccc(-c2nc3c(ncc4ncn(C)c43)s2)c1. The van der Waals surface area contributed by atoms with Crippen LogP contribution in [0.4, 0.5) is 0 Å². The fraction of sp³-hybridized carbons (Fsp3) is 0.136. The summed E-state index contributed by atoms with van der Waals surface area (Å²) in [5.41, 5.74) is 4.92. The maximum Gasteiger partial charge on any atom is 0.254 e. The quantitative estimate of drug-likeness (QED) is 0.400.